The summed E-state index contributed by atoms with van der Waals surface area (Å²) in [5.41, 5.74) is 5.22. The lowest BCUT2D eigenvalue weighted by atomic mass is 10.1. The fraction of sp³-hybridized carbons (Fsp3) is 0. The van der Waals surface area contributed by atoms with Gasteiger partial charge in [0.15, 0.2) is 0 Å². The Morgan fingerprint density at radius 3 is 2.23 bits per heavy atom. The van der Waals surface area contributed by atoms with Gasteiger partial charge in [-0.15, -0.1) is 24.0 Å². The second-order valence-corrected chi connectivity index (χ2v) is 2.25. The Bertz CT molecular complexity index is 309. The Morgan fingerprint density at radius 1 is 1.23 bits per heavy atom. The number of primary amides is 1. The first kappa shape index (κ1) is 11.9. The summed E-state index contributed by atoms with van der Waals surface area (Å²) < 4.78 is 0. The third-order valence-electron chi connectivity index (χ3n) is 1.39. The standard InChI is InChI=1S/C8H7NO3.HI/c9-7(10)5-2-1-3-6(4-5)8(11)12;/h1-4H,(H2,9,10)(H,11,12);1H. The number of carbonyl (C=O) groups is 2. The Hall–Kier alpha value is -1.11. The maximum Gasteiger partial charge on any atom is 0.335 e. The number of halogens is 1. The molecule has 0 saturated carbocycles. The van der Waals surface area contributed by atoms with Crippen molar-refractivity contribution in [2.24, 2.45) is 5.73 Å². The number of aromatic carboxylic acids is 1. The van der Waals surface area contributed by atoms with Crippen LogP contribution in [0.25, 0.3) is 0 Å². The van der Waals surface area contributed by atoms with Crippen molar-refractivity contribution >= 4 is 35.9 Å². The van der Waals surface area contributed by atoms with Crippen LogP contribution in [-0.2, 0) is 0 Å². The zero-order valence-corrected chi connectivity index (χ0v) is 8.89. The highest BCUT2D eigenvalue weighted by Gasteiger charge is 2.05. The second kappa shape index (κ2) is 4.80. The van der Waals surface area contributed by atoms with E-state index in [4.69, 9.17) is 10.8 Å². The van der Waals surface area contributed by atoms with Gasteiger partial charge in [-0.05, 0) is 18.2 Å². The minimum absolute atomic E-state index is 0. The van der Waals surface area contributed by atoms with E-state index in [0.29, 0.717) is 0 Å². The van der Waals surface area contributed by atoms with Crippen LogP contribution in [0.3, 0.4) is 0 Å². The molecular weight excluding hydrogens is 285 g/mol. The summed E-state index contributed by atoms with van der Waals surface area (Å²) >= 11 is 0. The van der Waals surface area contributed by atoms with Gasteiger partial charge < -0.3 is 10.8 Å². The Kier molecular flexibility index (Phi) is 4.39. The molecule has 0 unspecified atom stereocenters. The summed E-state index contributed by atoms with van der Waals surface area (Å²) in [7, 11) is 0. The van der Waals surface area contributed by atoms with Crippen LogP contribution >= 0.6 is 24.0 Å². The maximum atomic E-state index is 10.6. The molecule has 0 atom stereocenters. The van der Waals surface area contributed by atoms with Gasteiger partial charge >= 0.3 is 5.97 Å². The van der Waals surface area contributed by atoms with Crippen LogP contribution in [0.5, 0.6) is 0 Å². The van der Waals surface area contributed by atoms with Crippen LogP contribution in [0.15, 0.2) is 24.3 Å². The normalized spacial score (nSPS) is 8.62. The molecule has 0 bridgehead atoms. The molecule has 1 aromatic rings. The number of amides is 1. The Balaban J connectivity index is 0.00000144. The van der Waals surface area contributed by atoms with E-state index in [1.807, 2.05) is 0 Å². The molecule has 0 radical (unpaired) electrons. The molecule has 13 heavy (non-hydrogen) atoms. The number of hydrogen-bond acceptors (Lipinski definition) is 2. The van der Waals surface area contributed by atoms with E-state index >= 15 is 0 Å². The van der Waals surface area contributed by atoms with Crippen LogP contribution in [0.1, 0.15) is 20.7 Å². The van der Waals surface area contributed by atoms with E-state index in [1.165, 1.54) is 24.3 Å². The predicted octanol–water partition coefficient (Wildman–Crippen LogP) is 1.10. The van der Waals surface area contributed by atoms with Crippen LogP contribution in [0.4, 0.5) is 0 Å². The van der Waals surface area contributed by atoms with Gasteiger partial charge in [-0.3, -0.25) is 4.79 Å². The number of carboxylic acid groups (broad SMARTS) is 1. The first-order valence-corrected chi connectivity index (χ1v) is 3.24. The summed E-state index contributed by atoms with van der Waals surface area (Å²) in [6.07, 6.45) is 0. The summed E-state index contributed by atoms with van der Waals surface area (Å²) in [4.78, 5) is 21.0. The molecular formula is C8H8INO3. The number of benzene rings is 1. The average molecular weight is 293 g/mol. The third kappa shape index (κ3) is 3.02. The molecule has 0 heterocycles. The summed E-state index contributed by atoms with van der Waals surface area (Å²) in [5, 5.41) is 8.54. The summed E-state index contributed by atoms with van der Waals surface area (Å²) in [6, 6.07) is 5.58. The van der Waals surface area contributed by atoms with E-state index in [9.17, 15) is 9.59 Å². The molecule has 1 rings (SSSR count). The van der Waals surface area contributed by atoms with E-state index in [1.54, 1.807) is 0 Å². The predicted molar refractivity (Wildman–Crippen MR) is 57.3 cm³/mol. The van der Waals surface area contributed by atoms with Crippen LogP contribution in [0, 0.1) is 0 Å². The fourth-order valence-electron chi connectivity index (χ4n) is 0.805. The topological polar surface area (TPSA) is 80.4 Å². The van der Waals surface area contributed by atoms with E-state index in [2.05, 4.69) is 0 Å². The maximum absolute atomic E-state index is 10.6. The van der Waals surface area contributed by atoms with E-state index in [0.717, 1.165) is 0 Å². The molecule has 1 aromatic carbocycles. The van der Waals surface area contributed by atoms with Gasteiger partial charge in [-0.2, -0.15) is 0 Å². The second-order valence-electron chi connectivity index (χ2n) is 2.25. The van der Waals surface area contributed by atoms with Crippen LogP contribution in [-0.4, -0.2) is 17.0 Å². The smallest absolute Gasteiger partial charge is 0.335 e. The molecule has 1 amide bonds. The number of rotatable bonds is 2. The van der Waals surface area contributed by atoms with Crippen molar-refractivity contribution in [1.29, 1.82) is 0 Å². The molecule has 4 nitrogen and oxygen atoms in total. The van der Waals surface area contributed by atoms with Crippen molar-refractivity contribution in [3.63, 3.8) is 0 Å². The third-order valence-corrected chi connectivity index (χ3v) is 1.39. The van der Waals surface area contributed by atoms with Crippen molar-refractivity contribution in [2.75, 3.05) is 0 Å². The van der Waals surface area contributed by atoms with Crippen molar-refractivity contribution < 1.29 is 14.7 Å². The van der Waals surface area contributed by atoms with Gasteiger partial charge in [0.25, 0.3) is 0 Å². The highest BCUT2D eigenvalue weighted by molar-refractivity contribution is 14.0. The van der Waals surface area contributed by atoms with Gasteiger partial charge in [0.05, 0.1) is 5.56 Å². The molecule has 0 aliphatic carbocycles. The van der Waals surface area contributed by atoms with Crippen molar-refractivity contribution in [1.82, 2.24) is 0 Å². The first-order valence-electron chi connectivity index (χ1n) is 3.24. The van der Waals surface area contributed by atoms with Gasteiger partial charge in [0.2, 0.25) is 5.91 Å². The molecule has 0 aliphatic rings. The van der Waals surface area contributed by atoms with Gasteiger partial charge in [-0.25, -0.2) is 4.79 Å². The van der Waals surface area contributed by atoms with E-state index < -0.39 is 11.9 Å². The lowest BCUT2D eigenvalue weighted by Crippen LogP contribution is -2.11. The number of carbonyl (C=O) groups excluding carboxylic acids is 1. The van der Waals surface area contributed by atoms with Crippen LogP contribution in [0.2, 0.25) is 0 Å². The molecule has 0 saturated heterocycles. The van der Waals surface area contributed by atoms with Crippen molar-refractivity contribution in [3.8, 4) is 0 Å². The minimum Gasteiger partial charge on any atom is -0.478 e. The van der Waals surface area contributed by atoms with E-state index in [-0.39, 0.29) is 35.1 Å². The summed E-state index contributed by atoms with van der Waals surface area (Å²) in [6.45, 7) is 0. The average Bonchev–Trinajstić information content (AvgIpc) is 2.04. The first-order chi connectivity index (χ1) is 5.61. The molecule has 70 valence electrons. The largest absolute Gasteiger partial charge is 0.478 e. The monoisotopic (exact) mass is 293 g/mol. The zero-order valence-electron chi connectivity index (χ0n) is 6.56. The fourth-order valence-corrected chi connectivity index (χ4v) is 0.805. The molecule has 0 aromatic heterocycles. The van der Waals surface area contributed by atoms with Crippen molar-refractivity contribution in [3.05, 3.63) is 35.4 Å². The Labute approximate surface area is 91.8 Å². The zero-order chi connectivity index (χ0) is 9.14. The van der Waals surface area contributed by atoms with Gasteiger partial charge in [0, 0.05) is 5.56 Å². The summed E-state index contributed by atoms with van der Waals surface area (Å²) in [5.74, 6) is -1.70. The minimum atomic E-state index is -1.07. The molecule has 5 heteroatoms. The molecule has 0 fully saturated rings. The Morgan fingerprint density at radius 2 is 1.77 bits per heavy atom. The molecule has 0 aliphatic heterocycles. The van der Waals surface area contributed by atoms with Crippen LogP contribution < -0.4 is 5.73 Å². The van der Waals surface area contributed by atoms with Gasteiger partial charge in [0.1, 0.15) is 0 Å². The van der Waals surface area contributed by atoms with Gasteiger partial charge in [-0.1, -0.05) is 6.07 Å². The lowest BCUT2D eigenvalue weighted by Gasteiger charge is -1.96. The molecule has 3 N–H and O–H groups in total. The quantitative estimate of drug-likeness (QED) is 0.801. The number of hydrogen-bond donors (Lipinski definition) is 2. The SMILES string of the molecule is I.NC(=O)c1cccc(C(=O)O)c1. The number of carboxylic acids is 1. The highest BCUT2D eigenvalue weighted by Crippen LogP contribution is 2.03. The molecule has 0 spiro atoms. The van der Waals surface area contributed by atoms with Crippen molar-refractivity contribution in [2.45, 2.75) is 0 Å². The highest BCUT2D eigenvalue weighted by atomic mass is 127. The number of nitrogens with two attached hydrogens (primary N) is 1. The lowest BCUT2D eigenvalue weighted by molar-refractivity contribution is 0.0697.